The Labute approximate surface area is 81.3 Å². The van der Waals surface area contributed by atoms with E-state index in [1.165, 1.54) is 0 Å². The summed E-state index contributed by atoms with van der Waals surface area (Å²) >= 11 is 0. The Morgan fingerprint density at radius 1 is 1.43 bits per heavy atom. The van der Waals surface area contributed by atoms with Gasteiger partial charge in [-0.05, 0) is 18.9 Å². The number of para-hydroxylation sites is 1. The predicted octanol–water partition coefficient (Wildman–Crippen LogP) is 1.90. The van der Waals surface area contributed by atoms with Crippen molar-refractivity contribution in [2.75, 3.05) is 0 Å². The van der Waals surface area contributed by atoms with Crippen LogP contribution in [0, 0.1) is 0 Å². The second kappa shape index (κ2) is 2.58. The maximum Gasteiger partial charge on any atom is 0.170 e. The molecule has 1 aliphatic carbocycles. The molecule has 1 fully saturated rings. The second-order valence-corrected chi connectivity index (χ2v) is 4.06. The highest BCUT2D eigenvalue weighted by Gasteiger charge is 2.40. The number of benzene rings is 1. The Bertz CT molecular complexity index is 471. The van der Waals surface area contributed by atoms with Crippen LogP contribution in [-0.2, 0) is 6.42 Å². The maximum atomic E-state index is 9.82. The molecule has 0 atom stereocenters. The Hall–Kier alpha value is -1.35. The van der Waals surface area contributed by atoms with E-state index in [1.54, 1.807) is 6.20 Å². The Morgan fingerprint density at radius 2 is 2.29 bits per heavy atom. The first-order valence-electron chi connectivity index (χ1n) is 4.82. The minimum atomic E-state index is -0.471. The van der Waals surface area contributed by atoms with Gasteiger partial charge in [-0.1, -0.05) is 17.3 Å². The van der Waals surface area contributed by atoms with E-state index in [4.69, 9.17) is 4.52 Å². The molecule has 1 N–H and O–H groups in total. The molecular formula is C11H11NO2. The van der Waals surface area contributed by atoms with Crippen LogP contribution in [0.4, 0.5) is 0 Å². The fourth-order valence-electron chi connectivity index (χ4n) is 1.77. The first kappa shape index (κ1) is 8.00. The molecule has 1 heterocycles. The first-order valence-corrected chi connectivity index (χ1v) is 4.82. The highest BCUT2D eigenvalue weighted by Crippen LogP contribution is 2.39. The average molecular weight is 189 g/mol. The summed E-state index contributed by atoms with van der Waals surface area (Å²) in [5.74, 6) is 0. The Morgan fingerprint density at radius 3 is 3.07 bits per heavy atom. The van der Waals surface area contributed by atoms with Crippen LogP contribution in [0.3, 0.4) is 0 Å². The van der Waals surface area contributed by atoms with Crippen molar-refractivity contribution in [2.45, 2.75) is 24.9 Å². The van der Waals surface area contributed by atoms with Gasteiger partial charge in [0.1, 0.15) is 0 Å². The van der Waals surface area contributed by atoms with E-state index in [0.717, 1.165) is 29.4 Å². The number of aromatic nitrogens is 1. The predicted molar refractivity (Wildman–Crippen MR) is 51.9 cm³/mol. The highest BCUT2D eigenvalue weighted by atomic mass is 16.5. The zero-order chi connectivity index (χ0) is 9.60. The van der Waals surface area contributed by atoms with E-state index in [2.05, 4.69) is 5.16 Å². The van der Waals surface area contributed by atoms with Crippen LogP contribution in [-0.4, -0.2) is 15.9 Å². The van der Waals surface area contributed by atoms with Gasteiger partial charge in [-0.3, -0.25) is 0 Å². The molecule has 1 aromatic carbocycles. The molecule has 72 valence electrons. The minimum Gasteiger partial charge on any atom is -0.390 e. The molecule has 0 amide bonds. The van der Waals surface area contributed by atoms with Crippen LogP contribution in [0.5, 0.6) is 0 Å². The lowest BCUT2D eigenvalue weighted by Gasteiger charge is -2.06. The van der Waals surface area contributed by atoms with Crippen molar-refractivity contribution in [3.8, 4) is 0 Å². The van der Waals surface area contributed by atoms with Crippen molar-refractivity contribution >= 4 is 11.0 Å². The number of aliphatic hydroxyl groups is 1. The Balaban J connectivity index is 2.06. The average Bonchev–Trinajstić information content (AvgIpc) is 2.73. The normalized spacial score (nSPS) is 18.6. The molecule has 0 spiro atoms. The van der Waals surface area contributed by atoms with E-state index in [9.17, 15) is 5.11 Å². The van der Waals surface area contributed by atoms with Crippen molar-refractivity contribution in [1.29, 1.82) is 0 Å². The van der Waals surface area contributed by atoms with Crippen molar-refractivity contribution in [1.82, 2.24) is 5.16 Å². The number of hydrogen-bond donors (Lipinski definition) is 1. The van der Waals surface area contributed by atoms with Gasteiger partial charge in [0, 0.05) is 17.4 Å². The lowest BCUT2D eigenvalue weighted by atomic mass is 10.0. The molecule has 3 nitrogen and oxygen atoms in total. The smallest absolute Gasteiger partial charge is 0.170 e. The largest absolute Gasteiger partial charge is 0.390 e. The van der Waals surface area contributed by atoms with Gasteiger partial charge in [-0.2, -0.15) is 0 Å². The van der Waals surface area contributed by atoms with Crippen molar-refractivity contribution in [2.24, 2.45) is 0 Å². The van der Waals surface area contributed by atoms with Crippen molar-refractivity contribution < 1.29 is 9.63 Å². The molecule has 2 aromatic rings. The summed E-state index contributed by atoms with van der Waals surface area (Å²) in [6, 6.07) is 5.93. The van der Waals surface area contributed by atoms with E-state index in [0.29, 0.717) is 6.42 Å². The van der Waals surface area contributed by atoms with Crippen molar-refractivity contribution in [3.63, 3.8) is 0 Å². The fraction of sp³-hybridized carbons (Fsp3) is 0.364. The zero-order valence-corrected chi connectivity index (χ0v) is 7.73. The highest BCUT2D eigenvalue weighted by molar-refractivity contribution is 5.79. The van der Waals surface area contributed by atoms with Gasteiger partial charge in [0.25, 0.3) is 0 Å². The number of fused-ring (bicyclic) bond motifs is 1. The van der Waals surface area contributed by atoms with E-state index < -0.39 is 5.60 Å². The molecular weight excluding hydrogens is 178 g/mol. The quantitative estimate of drug-likeness (QED) is 0.784. The van der Waals surface area contributed by atoms with Gasteiger partial charge < -0.3 is 9.63 Å². The summed E-state index contributed by atoms with van der Waals surface area (Å²) in [4.78, 5) is 0. The number of hydrogen-bond acceptors (Lipinski definition) is 3. The molecule has 1 aromatic heterocycles. The van der Waals surface area contributed by atoms with Gasteiger partial charge in [-0.25, -0.2) is 0 Å². The summed E-state index contributed by atoms with van der Waals surface area (Å²) in [6.45, 7) is 0. The standard InChI is InChI=1S/C11H11NO2/c13-11(4-5-11)6-8-2-1-3-9-7-12-14-10(8)9/h1-3,7,13H,4-6H2. The number of rotatable bonds is 2. The van der Waals surface area contributed by atoms with Gasteiger partial charge in [-0.15, -0.1) is 0 Å². The monoisotopic (exact) mass is 189 g/mol. The molecule has 3 rings (SSSR count). The fourth-order valence-corrected chi connectivity index (χ4v) is 1.77. The summed E-state index contributed by atoms with van der Waals surface area (Å²) in [6.07, 6.45) is 4.18. The van der Waals surface area contributed by atoms with E-state index in [-0.39, 0.29) is 0 Å². The third-order valence-electron chi connectivity index (χ3n) is 2.81. The zero-order valence-electron chi connectivity index (χ0n) is 7.73. The molecule has 0 unspecified atom stereocenters. The van der Waals surface area contributed by atoms with Gasteiger partial charge in [0.2, 0.25) is 0 Å². The molecule has 1 aliphatic rings. The van der Waals surface area contributed by atoms with Crippen LogP contribution in [0.25, 0.3) is 11.0 Å². The maximum absolute atomic E-state index is 9.82. The van der Waals surface area contributed by atoms with Crippen LogP contribution in [0.1, 0.15) is 18.4 Å². The molecule has 0 radical (unpaired) electrons. The van der Waals surface area contributed by atoms with Crippen LogP contribution < -0.4 is 0 Å². The number of nitrogens with zero attached hydrogens (tertiary/aromatic N) is 1. The molecule has 0 bridgehead atoms. The molecule has 1 saturated carbocycles. The van der Waals surface area contributed by atoms with Gasteiger partial charge >= 0.3 is 0 Å². The van der Waals surface area contributed by atoms with Crippen LogP contribution in [0.15, 0.2) is 28.9 Å². The summed E-state index contributed by atoms with van der Waals surface area (Å²) in [7, 11) is 0. The van der Waals surface area contributed by atoms with Crippen LogP contribution in [0.2, 0.25) is 0 Å². The third-order valence-corrected chi connectivity index (χ3v) is 2.81. The van der Waals surface area contributed by atoms with Gasteiger partial charge in [0.05, 0.1) is 11.8 Å². The lowest BCUT2D eigenvalue weighted by Crippen LogP contribution is -2.10. The van der Waals surface area contributed by atoms with Gasteiger partial charge in [0.15, 0.2) is 5.58 Å². The van der Waals surface area contributed by atoms with Crippen LogP contribution >= 0.6 is 0 Å². The topological polar surface area (TPSA) is 46.3 Å². The minimum absolute atomic E-state index is 0.471. The Kier molecular flexibility index (Phi) is 1.47. The lowest BCUT2D eigenvalue weighted by molar-refractivity contribution is 0.151. The molecule has 14 heavy (non-hydrogen) atoms. The molecule has 3 heteroatoms. The van der Waals surface area contributed by atoms with Crippen molar-refractivity contribution in [3.05, 3.63) is 30.0 Å². The molecule has 0 aliphatic heterocycles. The van der Waals surface area contributed by atoms with E-state index >= 15 is 0 Å². The molecule has 0 saturated heterocycles. The second-order valence-electron chi connectivity index (χ2n) is 4.06. The third kappa shape index (κ3) is 1.21. The summed E-state index contributed by atoms with van der Waals surface area (Å²) in [5, 5.41) is 14.6. The summed E-state index contributed by atoms with van der Waals surface area (Å²) < 4.78 is 5.16. The first-order chi connectivity index (χ1) is 6.77. The summed E-state index contributed by atoms with van der Waals surface area (Å²) in [5.41, 5.74) is 1.40. The van der Waals surface area contributed by atoms with E-state index in [1.807, 2.05) is 18.2 Å². The SMILES string of the molecule is OC1(Cc2cccc3cnoc23)CC1.